The summed E-state index contributed by atoms with van der Waals surface area (Å²) in [5.74, 6) is -0.118. The van der Waals surface area contributed by atoms with Gasteiger partial charge in [-0.25, -0.2) is 0 Å². The van der Waals surface area contributed by atoms with Crippen LogP contribution in [0.3, 0.4) is 0 Å². The van der Waals surface area contributed by atoms with Gasteiger partial charge in [0.05, 0.1) is 0 Å². The Labute approximate surface area is 81.3 Å². The lowest BCUT2D eigenvalue weighted by molar-refractivity contribution is -0.125. The van der Waals surface area contributed by atoms with E-state index in [1.54, 1.807) is 0 Å². The summed E-state index contributed by atoms with van der Waals surface area (Å²) in [5.41, 5.74) is 0.255. The molecule has 1 unspecified atom stereocenters. The van der Waals surface area contributed by atoms with Gasteiger partial charge < -0.3 is 5.11 Å². The summed E-state index contributed by atoms with van der Waals surface area (Å²) >= 11 is 0. The zero-order chi connectivity index (χ0) is 10.5. The second-order valence-electron chi connectivity index (χ2n) is 4.58. The van der Waals surface area contributed by atoms with E-state index in [4.69, 9.17) is 0 Å². The van der Waals surface area contributed by atoms with Crippen molar-refractivity contribution in [1.82, 2.24) is 0 Å². The molecule has 1 atom stereocenters. The molecule has 0 aliphatic rings. The molecule has 0 aromatic carbocycles. The summed E-state index contributed by atoms with van der Waals surface area (Å²) in [6.07, 6.45) is 3.07. The van der Waals surface area contributed by atoms with E-state index in [1.165, 1.54) is 6.92 Å². The highest BCUT2D eigenvalue weighted by molar-refractivity contribution is 5.79. The first kappa shape index (κ1) is 12.6. The number of aliphatic hydroxyl groups excluding tert-OH is 1. The predicted molar refractivity (Wildman–Crippen MR) is 54.6 cm³/mol. The Morgan fingerprint density at radius 3 is 2.31 bits per heavy atom. The van der Waals surface area contributed by atoms with Gasteiger partial charge in [0, 0.05) is 0 Å². The standard InChI is InChI=1S/C11H22O2/c1-5-7-11(3,4)8-6-10(13)9(2)12/h10,13H,5-8H2,1-4H3. The average molecular weight is 186 g/mol. The van der Waals surface area contributed by atoms with Gasteiger partial charge in [-0.1, -0.05) is 27.2 Å². The van der Waals surface area contributed by atoms with Gasteiger partial charge in [0.2, 0.25) is 0 Å². The van der Waals surface area contributed by atoms with Crippen molar-refractivity contribution < 1.29 is 9.90 Å². The Morgan fingerprint density at radius 1 is 1.38 bits per heavy atom. The Balaban J connectivity index is 3.80. The molecule has 0 aromatic heterocycles. The minimum absolute atomic E-state index is 0.118. The molecular weight excluding hydrogens is 164 g/mol. The molecule has 0 saturated heterocycles. The second kappa shape index (κ2) is 5.38. The topological polar surface area (TPSA) is 37.3 Å². The van der Waals surface area contributed by atoms with Gasteiger partial charge in [-0.3, -0.25) is 4.79 Å². The molecule has 0 heterocycles. The SMILES string of the molecule is CCCC(C)(C)CCC(O)C(C)=O. The molecule has 0 spiro atoms. The van der Waals surface area contributed by atoms with Crippen molar-refractivity contribution in [3.63, 3.8) is 0 Å². The molecule has 2 heteroatoms. The number of hydrogen-bond acceptors (Lipinski definition) is 2. The Hall–Kier alpha value is -0.370. The van der Waals surface area contributed by atoms with Gasteiger partial charge in [0.1, 0.15) is 6.10 Å². The van der Waals surface area contributed by atoms with Crippen molar-refractivity contribution in [2.45, 2.75) is 59.5 Å². The maximum absolute atomic E-state index is 10.8. The van der Waals surface area contributed by atoms with Crippen LogP contribution in [0.1, 0.15) is 53.4 Å². The third-order valence-electron chi connectivity index (χ3n) is 2.49. The fourth-order valence-electron chi connectivity index (χ4n) is 1.53. The van der Waals surface area contributed by atoms with Gasteiger partial charge in [-0.05, 0) is 31.6 Å². The minimum atomic E-state index is -0.754. The highest BCUT2D eigenvalue weighted by atomic mass is 16.3. The van der Waals surface area contributed by atoms with Crippen LogP contribution >= 0.6 is 0 Å². The molecule has 0 aromatic rings. The molecule has 0 radical (unpaired) electrons. The lowest BCUT2D eigenvalue weighted by atomic mass is 9.82. The summed E-state index contributed by atoms with van der Waals surface area (Å²) < 4.78 is 0. The van der Waals surface area contributed by atoms with E-state index in [1.807, 2.05) is 0 Å². The van der Waals surface area contributed by atoms with Crippen molar-refractivity contribution in [1.29, 1.82) is 0 Å². The first-order chi connectivity index (χ1) is 5.89. The van der Waals surface area contributed by atoms with E-state index >= 15 is 0 Å². The van der Waals surface area contributed by atoms with E-state index < -0.39 is 6.10 Å². The Bertz CT molecular complexity index is 161. The first-order valence-electron chi connectivity index (χ1n) is 5.07. The fourth-order valence-corrected chi connectivity index (χ4v) is 1.53. The zero-order valence-corrected chi connectivity index (χ0v) is 9.26. The maximum atomic E-state index is 10.8. The maximum Gasteiger partial charge on any atom is 0.158 e. The third-order valence-corrected chi connectivity index (χ3v) is 2.49. The molecule has 0 aliphatic heterocycles. The Kier molecular flexibility index (Phi) is 5.23. The molecule has 13 heavy (non-hydrogen) atoms. The molecule has 0 bridgehead atoms. The summed E-state index contributed by atoms with van der Waals surface area (Å²) in [7, 11) is 0. The van der Waals surface area contributed by atoms with Crippen LogP contribution in [0, 0.1) is 5.41 Å². The second-order valence-corrected chi connectivity index (χ2v) is 4.58. The van der Waals surface area contributed by atoms with Crippen molar-refractivity contribution in [3.05, 3.63) is 0 Å². The lowest BCUT2D eigenvalue weighted by Crippen LogP contribution is -2.21. The van der Waals surface area contributed by atoms with Gasteiger partial charge in [-0.15, -0.1) is 0 Å². The van der Waals surface area contributed by atoms with Gasteiger partial charge in [0.15, 0.2) is 5.78 Å². The Morgan fingerprint density at radius 2 is 1.92 bits per heavy atom. The highest BCUT2D eigenvalue weighted by Gasteiger charge is 2.19. The number of aliphatic hydroxyl groups is 1. The van der Waals surface area contributed by atoms with Crippen molar-refractivity contribution >= 4 is 5.78 Å². The van der Waals surface area contributed by atoms with E-state index in [-0.39, 0.29) is 11.2 Å². The molecule has 0 aliphatic carbocycles. The molecule has 0 rings (SSSR count). The van der Waals surface area contributed by atoms with E-state index in [9.17, 15) is 9.90 Å². The first-order valence-corrected chi connectivity index (χ1v) is 5.07. The third kappa shape index (κ3) is 5.81. The van der Waals surface area contributed by atoms with Crippen LogP contribution in [-0.2, 0) is 4.79 Å². The van der Waals surface area contributed by atoms with Gasteiger partial charge in [0.25, 0.3) is 0 Å². The number of ketones is 1. The minimum Gasteiger partial charge on any atom is -0.385 e. The normalized spacial score (nSPS) is 14.2. The molecule has 2 nitrogen and oxygen atoms in total. The van der Waals surface area contributed by atoms with E-state index in [0.29, 0.717) is 6.42 Å². The average Bonchev–Trinajstić information content (AvgIpc) is 2.00. The molecule has 0 amide bonds. The number of rotatable bonds is 6. The number of carbonyl (C=O) groups excluding carboxylic acids is 1. The predicted octanol–water partition coefficient (Wildman–Crippen LogP) is 2.54. The van der Waals surface area contributed by atoms with Crippen molar-refractivity contribution in [3.8, 4) is 0 Å². The summed E-state index contributed by atoms with van der Waals surface area (Å²) in [6, 6.07) is 0. The van der Waals surface area contributed by atoms with Gasteiger partial charge in [-0.2, -0.15) is 0 Å². The monoisotopic (exact) mass is 186 g/mol. The fraction of sp³-hybridized carbons (Fsp3) is 0.909. The van der Waals surface area contributed by atoms with Crippen molar-refractivity contribution in [2.75, 3.05) is 0 Å². The molecule has 78 valence electrons. The zero-order valence-electron chi connectivity index (χ0n) is 9.26. The van der Waals surface area contributed by atoms with Gasteiger partial charge >= 0.3 is 0 Å². The van der Waals surface area contributed by atoms with E-state index in [0.717, 1.165) is 19.3 Å². The van der Waals surface area contributed by atoms with Crippen LogP contribution in [0.25, 0.3) is 0 Å². The smallest absolute Gasteiger partial charge is 0.158 e. The van der Waals surface area contributed by atoms with Crippen LogP contribution in [0.15, 0.2) is 0 Å². The van der Waals surface area contributed by atoms with Crippen LogP contribution in [0.4, 0.5) is 0 Å². The highest BCUT2D eigenvalue weighted by Crippen LogP contribution is 2.28. The molecule has 0 fully saturated rings. The van der Waals surface area contributed by atoms with Crippen molar-refractivity contribution in [2.24, 2.45) is 5.41 Å². The number of carbonyl (C=O) groups is 1. The largest absolute Gasteiger partial charge is 0.385 e. The summed E-state index contributed by atoms with van der Waals surface area (Å²) in [6.45, 7) is 7.97. The summed E-state index contributed by atoms with van der Waals surface area (Å²) in [4.78, 5) is 10.8. The van der Waals surface area contributed by atoms with Crippen LogP contribution in [0.2, 0.25) is 0 Å². The number of hydrogen-bond donors (Lipinski definition) is 1. The molecular formula is C11H22O2. The number of Topliss-reactive ketones (excluding diaryl/α,β-unsaturated/α-hetero) is 1. The van der Waals surface area contributed by atoms with Crippen LogP contribution < -0.4 is 0 Å². The van der Waals surface area contributed by atoms with Crippen LogP contribution in [0.5, 0.6) is 0 Å². The van der Waals surface area contributed by atoms with E-state index in [2.05, 4.69) is 20.8 Å². The summed E-state index contributed by atoms with van der Waals surface area (Å²) in [5, 5.41) is 9.31. The quantitative estimate of drug-likeness (QED) is 0.692. The molecule has 0 saturated carbocycles. The van der Waals surface area contributed by atoms with Crippen LogP contribution in [-0.4, -0.2) is 17.0 Å². The molecule has 1 N–H and O–H groups in total. The lowest BCUT2D eigenvalue weighted by Gasteiger charge is -2.24.